The fourth-order valence-corrected chi connectivity index (χ4v) is 1.96. The van der Waals surface area contributed by atoms with E-state index in [4.69, 9.17) is 4.74 Å². The molecule has 120 valence electrons. The summed E-state index contributed by atoms with van der Waals surface area (Å²) in [5.41, 5.74) is 2.70. The van der Waals surface area contributed by atoms with Crippen LogP contribution < -0.4 is 4.74 Å². The van der Waals surface area contributed by atoms with Crippen LogP contribution >= 0.6 is 9.69 Å². The van der Waals surface area contributed by atoms with Crippen LogP contribution in [0.4, 0.5) is 5.69 Å². The zero-order valence-electron chi connectivity index (χ0n) is 12.9. The molecule has 0 saturated carbocycles. The summed E-state index contributed by atoms with van der Waals surface area (Å²) in [4.78, 5) is 8.97. The number of aliphatic imine (C=N–C) groups is 1. The van der Waals surface area contributed by atoms with Gasteiger partial charge in [-0.3, -0.25) is 4.99 Å². The number of para-hydroxylation sites is 1. The number of benzene rings is 2. The molecule has 3 rings (SSSR count). The molecule has 0 N–H and O–H groups in total. The molecule has 0 fully saturated rings. The predicted molar refractivity (Wildman–Crippen MR) is 94.3 cm³/mol. The summed E-state index contributed by atoms with van der Waals surface area (Å²) < 4.78 is 5.12. The average molecular weight is 414 g/mol. The molecule has 0 bridgehead atoms. The van der Waals surface area contributed by atoms with E-state index in [2.05, 4.69) is 25.7 Å². The summed E-state index contributed by atoms with van der Waals surface area (Å²) in [6, 6.07) is 19.7. The molecular formula is C18H17ClN2ORu. The van der Waals surface area contributed by atoms with E-state index in [0.717, 1.165) is 28.0 Å². The van der Waals surface area contributed by atoms with E-state index in [1.807, 2.05) is 71.9 Å². The Labute approximate surface area is 151 Å². The second-order valence-electron chi connectivity index (χ2n) is 4.39. The van der Waals surface area contributed by atoms with Crippen LogP contribution in [0.15, 0.2) is 65.7 Å². The third-order valence-corrected chi connectivity index (χ3v) is 3.04. The Bertz CT molecular complexity index is 760. The van der Waals surface area contributed by atoms with Crippen molar-refractivity contribution in [3.8, 4) is 5.75 Å². The monoisotopic (exact) mass is 414 g/mol. The Balaban J connectivity index is 0.000000849. The summed E-state index contributed by atoms with van der Waals surface area (Å²) in [6.07, 6.45) is 1.77. The second-order valence-corrected chi connectivity index (χ2v) is 4.39. The number of aromatic nitrogens is 1. The maximum atomic E-state index is 5.12. The summed E-state index contributed by atoms with van der Waals surface area (Å²) >= 11 is 1.82. The van der Waals surface area contributed by atoms with E-state index >= 15 is 0 Å². The minimum absolute atomic E-state index is 0. The van der Waals surface area contributed by atoms with Gasteiger partial charge in [-0.25, -0.2) is 4.98 Å². The zero-order valence-corrected chi connectivity index (χ0v) is 15.4. The molecule has 3 aromatic rings. The number of ether oxygens (including phenoxy) is 1. The number of pyridine rings is 1. The number of hydrogen-bond acceptors (Lipinski definition) is 3. The Morgan fingerprint density at radius 1 is 1.00 bits per heavy atom. The van der Waals surface area contributed by atoms with Crippen LogP contribution in [0.25, 0.3) is 10.9 Å². The van der Waals surface area contributed by atoms with Crippen molar-refractivity contribution >= 4 is 32.5 Å². The van der Waals surface area contributed by atoms with Gasteiger partial charge in [-0.05, 0) is 36.4 Å². The van der Waals surface area contributed by atoms with E-state index in [1.54, 1.807) is 13.3 Å². The topological polar surface area (TPSA) is 34.5 Å². The zero-order chi connectivity index (χ0) is 15.8. The van der Waals surface area contributed by atoms with Crippen LogP contribution in [-0.2, 0) is 17.3 Å². The molecule has 1 heterocycles. The van der Waals surface area contributed by atoms with Crippen LogP contribution in [0.3, 0.4) is 0 Å². The fraction of sp³-hybridized carbons (Fsp3) is 0.0556. The number of nitrogens with zero attached hydrogens (tertiary/aromatic N) is 2. The molecule has 0 atom stereocenters. The first-order valence-electron chi connectivity index (χ1n) is 6.52. The average Bonchev–Trinajstić information content (AvgIpc) is 2.62. The van der Waals surface area contributed by atoms with Crippen molar-refractivity contribution in [2.24, 2.45) is 4.99 Å². The molecule has 23 heavy (non-hydrogen) atoms. The van der Waals surface area contributed by atoms with E-state index in [1.165, 1.54) is 0 Å². The van der Waals surface area contributed by atoms with Gasteiger partial charge in [0.2, 0.25) is 0 Å². The van der Waals surface area contributed by atoms with Gasteiger partial charge in [0, 0.05) is 5.39 Å². The number of halogens is 1. The quantitative estimate of drug-likeness (QED) is 0.339. The Morgan fingerprint density at radius 2 is 1.70 bits per heavy atom. The van der Waals surface area contributed by atoms with Gasteiger partial charge in [0.25, 0.3) is 0 Å². The van der Waals surface area contributed by atoms with Gasteiger partial charge in [-0.15, -0.1) is 0 Å². The van der Waals surface area contributed by atoms with Crippen molar-refractivity contribution in [1.82, 2.24) is 4.98 Å². The minimum atomic E-state index is 0. The van der Waals surface area contributed by atoms with E-state index < -0.39 is 0 Å². The molecule has 0 spiro atoms. The fourth-order valence-electron chi connectivity index (χ4n) is 1.96. The van der Waals surface area contributed by atoms with E-state index in [0.29, 0.717) is 0 Å². The maximum absolute atomic E-state index is 5.12. The molecule has 0 unspecified atom stereocenters. The van der Waals surface area contributed by atoms with Crippen molar-refractivity contribution < 1.29 is 22.0 Å². The first-order chi connectivity index (χ1) is 10.8. The Morgan fingerprint density at radius 3 is 2.39 bits per heavy atom. The molecule has 0 saturated heterocycles. The van der Waals surface area contributed by atoms with Gasteiger partial charge in [-0.1, -0.05) is 24.3 Å². The van der Waals surface area contributed by atoms with Gasteiger partial charge in [0.05, 0.1) is 30.2 Å². The Kier molecular flexibility index (Phi) is 8.46. The number of hydrogen-bond donors (Lipinski definition) is 0. The van der Waals surface area contributed by atoms with Crippen molar-refractivity contribution in [3.63, 3.8) is 0 Å². The number of fused-ring (bicyclic) bond motifs is 1. The molecule has 0 radical (unpaired) electrons. The van der Waals surface area contributed by atoms with Crippen LogP contribution in [0.2, 0.25) is 0 Å². The predicted octanol–water partition coefficient (Wildman–Crippen LogP) is 5.13. The van der Waals surface area contributed by atoms with Gasteiger partial charge < -0.3 is 12.2 Å². The third-order valence-electron chi connectivity index (χ3n) is 3.04. The molecular weight excluding hydrogens is 397 g/mol. The molecule has 1 aromatic heterocycles. The van der Waals surface area contributed by atoms with Crippen molar-refractivity contribution in [3.05, 3.63) is 73.8 Å². The first-order valence-corrected chi connectivity index (χ1v) is 8.76. The third kappa shape index (κ3) is 5.42. The van der Waals surface area contributed by atoms with Crippen molar-refractivity contribution in [2.45, 2.75) is 0 Å². The summed E-state index contributed by atoms with van der Waals surface area (Å²) in [5, 5.41) is 1.13. The molecule has 3 nitrogen and oxygen atoms in total. The first kappa shape index (κ1) is 19.3. The van der Waals surface area contributed by atoms with Crippen LogP contribution in [-0.4, -0.2) is 18.3 Å². The molecule has 0 aliphatic carbocycles. The van der Waals surface area contributed by atoms with Gasteiger partial charge >= 0.3 is 27.0 Å². The number of methoxy groups -OCH3 is 1. The van der Waals surface area contributed by atoms with E-state index in [9.17, 15) is 0 Å². The summed E-state index contributed by atoms with van der Waals surface area (Å²) in [6.45, 7) is 0. The van der Waals surface area contributed by atoms with Crippen LogP contribution in [0.5, 0.6) is 5.75 Å². The van der Waals surface area contributed by atoms with Gasteiger partial charge in [0.15, 0.2) is 0 Å². The van der Waals surface area contributed by atoms with Crippen molar-refractivity contribution in [2.75, 3.05) is 7.11 Å². The Hall–Kier alpha value is -1.77. The van der Waals surface area contributed by atoms with Gasteiger partial charge in [-0.2, -0.15) is 0 Å². The summed E-state index contributed by atoms with van der Waals surface area (Å²) in [5.74, 6) is 0.827. The SMILES string of the molecule is COc1ccc(N=Cc2ccc3ccccc3n2)cc1.[CH3-].[Cl][Ru+]. The van der Waals surface area contributed by atoms with Crippen LogP contribution in [0.1, 0.15) is 5.69 Å². The molecule has 2 aromatic carbocycles. The molecule has 0 amide bonds. The van der Waals surface area contributed by atoms with Crippen LogP contribution in [0, 0.1) is 7.43 Å². The summed E-state index contributed by atoms with van der Waals surface area (Å²) in [7, 11) is 6.22. The standard InChI is InChI=1S/C17H14N2O.CH3.ClH.Ru/c1-20-16-10-8-14(9-11-16)18-12-15-7-6-13-4-2-3-5-17(13)19-15;;;/h2-12H,1H3;1H3;1H;/q;-1;;+2/p-1. The van der Waals surface area contributed by atoms with E-state index in [-0.39, 0.29) is 7.43 Å². The molecule has 5 heteroatoms. The second kappa shape index (κ2) is 10.1. The normalized spacial score (nSPS) is 9.87. The molecule has 0 aliphatic heterocycles. The van der Waals surface area contributed by atoms with Gasteiger partial charge in [0.1, 0.15) is 5.75 Å². The molecule has 0 aliphatic rings. The van der Waals surface area contributed by atoms with Crippen molar-refractivity contribution in [1.29, 1.82) is 0 Å². The number of rotatable bonds is 3.